The van der Waals surface area contributed by atoms with Crippen LogP contribution in [-0.4, -0.2) is 11.3 Å². The van der Waals surface area contributed by atoms with E-state index in [0.717, 1.165) is 19.3 Å². The molecule has 0 aromatic heterocycles. The van der Waals surface area contributed by atoms with Gasteiger partial charge in [0.05, 0.1) is 0 Å². The Morgan fingerprint density at radius 1 is 1.50 bits per heavy atom. The van der Waals surface area contributed by atoms with E-state index in [1.165, 1.54) is 0 Å². The maximum absolute atomic E-state index is 12.0. The average molecular weight is 165 g/mol. The largest absolute Gasteiger partial charge is 0.328 e. The topological polar surface area (TPSA) is 26.0 Å². The molecule has 3 heteroatoms. The number of hydrogen-bond acceptors (Lipinski definition) is 2. The zero-order valence-corrected chi connectivity index (χ0v) is 7.46. The maximum atomic E-state index is 12.0. The highest BCUT2D eigenvalue weighted by atomic mass is 32.2. The molecule has 0 aliphatic carbocycles. The third kappa shape index (κ3) is 5.06. The van der Waals surface area contributed by atoms with Gasteiger partial charge in [-0.3, -0.25) is 0 Å². The van der Waals surface area contributed by atoms with Gasteiger partial charge < -0.3 is 5.73 Å². The second-order valence-corrected chi connectivity index (χ2v) is 3.52. The molecule has 0 aliphatic heterocycles. The molecule has 2 N–H and O–H groups in total. The Bertz CT molecular complexity index is 74.0. The fourth-order valence-electron chi connectivity index (χ4n) is 0.760. The van der Waals surface area contributed by atoms with Crippen LogP contribution in [0.1, 0.15) is 33.1 Å². The van der Waals surface area contributed by atoms with E-state index in [0.29, 0.717) is 12.1 Å². The Morgan fingerprint density at radius 3 is 2.40 bits per heavy atom. The molecular formula is C7H16FNS. The fraction of sp³-hybridized carbons (Fsp3) is 1.00. The van der Waals surface area contributed by atoms with Crippen LogP contribution >= 0.6 is 12.1 Å². The zero-order chi connectivity index (χ0) is 7.98. The molecule has 1 nitrogen and oxygen atoms in total. The summed E-state index contributed by atoms with van der Waals surface area (Å²) in [6.07, 6.45) is 2.72. The summed E-state index contributed by atoms with van der Waals surface area (Å²) in [5, 5.41) is 0.158. The molecule has 0 fully saturated rings. The van der Waals surface area contributed by atoms with E-state index < -0.39 is 0 Å². The molecule has 0 aliphatic rings. The summed E-state index contributed by atoms with van der Waals surface area (Å²) in [4.78, 5) is 0. The summed E-state index contributed by atoms with van der Waals surface area (Å²) in [5.74, 6) is 0. The first-order chi connectivity index (χ1) is 4.70. The predicted octanol–water partition coefficient (Wildman–Crippen LogP) is 2.51. The first-order valence-electron chi connectivity index (χ1n) is 3.73. The van der Waals surface area contributed by atoms with Gasteiger partial charge in [0.25, 0.3) is 0 Å². The Balaban J connectivity index is 3.26. The lowest BCUT2D eigenvalue weighted by atomic mass is 10.1. The van der Waals surface area contributed by atoms with Gasteiger partial charge in [-0.1, -0.05) is 6.92 Å². The second kappa shape index (κ2) is 5.98. The Hall–Kier alpha value is 0.240. The summed E-state index contributed by atoms with van der Waals surface area (Å²) in [7, 11) is 0. The van der Waals surface area contributed by atoms with E-state index in [9.17, 15) is 3.89 Å². The molecule has 0 bridgehead atoms. The highest BCUT2D eigenvalue weighted by Gasteiger charge is 2.07. The van der Waals surface area contributed by atoms with E-state index in [1.54, 1.807) is 0 Å². The Labute approximate surface area is 66.9 Å². The van der Waals surface area contributed by atoms with Crippen LogP contribution in [0.15, 0.2) is 0 Å². The van der Waals surface area contributed by atoms with Crippen molar-refractivity contribution in [2.24, 2.45) is 5.73 Å². The van der Waals surface area contributed by atoms with Crippen molar-refractivity contribution in [1.82, 2.24) is 0 Å². The second-order valence-electron chi connectivity index (χ2n) is 2.67. The number of hydrogen-bond donors (Lipinski definition) is 1. The fourth-order valence-corrected chi connectivity index (χ4v) is 1.11. The van der Waals surface area contributed by atoms with Crippen molar-refractivity contribution in [3.8, 4) is 0 Å². The summed E-state index contributed by atoms with van der Waals surface area (Å²) in [5.41, 5.74) is 5.52. The molecular weight excluding hydrogens is 149 g/mol. The van der Waals surface area contributed by atoms with Crippen molar-refractivity contribution >= 4 is 12.1 Å². The van der Waals surface area contributed by atoms with E-state index in [-0.39, 0.29) is 11.3 Å². The molecule has 0 heterocycles. The normalized spacial score (nSPS) is 16.8. The third-order valence-electron chi connectivity index (χ3n) is 1.53. The molecule has 0 aromatic rings. The predicted molar refractivity (Wildman–Crippen MR) is 45.7 cm³/mol. The minimum absolute atomic E-state index is 0.158. The molecule has 2 unspecified atom stereocenters. The monoisotopic (exact) mass is 165 g/mol. The Morgan fingerprint density at radius 2 is 2.10 bits per heavy atom. The lowest BCUT2D eigenvalue weighted by Gasteiger charge is -2.09. The maximum Gasteiger partial charge on any atom is 0.0477 e. The molecule has 0 saturated heterocycles. The van der Waals surface area contributed by atoms with Gasteiger partial charge in [0.2, 0.25) is 0 Å². The van der Waals surface area contributed by atoms with Crippen LogP contribution in [-0.2, 0) is 0 Å². The van der Waals surface area contributed by atoms with Crippen LogP contribution < -0.4 is 5.73 Å². The van der Waals surface area contributed by atoms with Crippen LogP contribution in [0.5, 0.6) is 0 Å². The highest BCUT2D eigenvalue weighted by Crippen LogP contribution is 2.20. The lowest BCUT2D eigenvalue weighted by molar-refractivity contribution is 0.596. The van der Waals surface area contributed by atoms with Gasteiger partial charge in [0, 0.05) is 23.4 Å². The van der Waals surface area contributed by atoms with Crippen LogP contribution in [0.25, 0.3) is 0 Å². The van der Waals surface area contributed by atoms with Gasteiger partial charge in [-0.2, -0.15) is 3.89 Å². The first-order valence-corrected chi connectivity index (χ1v) is 4.51. The molecule has 0 radical (unpaired) electrons. The van der Waals surface area contributed by atoms with Crippen molar-refractivity contribution in [1.29, 1.82) is 0 Å². The van der Waals surface area contributed by atoms with Gasteiger partial charge in [0.1, 0.15) is 0 Å². The summed E-state index contributed by atoms with van der Waals surface area (Å²) < 4.78 is 12.0. The molecule has 62 valence electrons. The number of halogens is 1. The lowest BCUT2D eigenvalue weighted by Crippen LogP contribution is -2.16. The van der Waals surface area contributed by atoms with E-state index in [4.69, 9.17) is 5.73 Å². The van der Waals surface area contributed by atoms with Crippen LogP contribution in [0.3, 0.4) is 0 Å². The van der Waals surface area contributed by atoms with Crippen LogP contribution in [0.2, 0.25) is 0 Å². The van der Waals surface area contributed by atoms with Crippen LogP contribution in [0, 0.1) is 0 Å². The van der Waals surface area contributed by atoms with Gasteiger partial charge >= 0.3 is 0 Å². The van der Waals surface area contributed by atoms with Crippen molar-refractivity contribution in [2.45, 2.75) is 44.4 Å². The smallest absolute Gasteiger partial charge is 0.0477 e. The average Bonchev–Trinajstić information content (AvgIpc) is 1.90. The van der Waals surface area contributed by atoms with Crippen molar-refractivity contribution in [2.75, 3.05) is 0 Å². The molecule has 0 rings (SSSR count). The molecule has 0 spiro atoms. The highest BCUT2D eigenvalue weighted by molar-refractivity contribution is 7.94. The molecule has 10 heavy (non-hydrogen) atoms. The molecule has 0 saturated carbocycles. The summed E-state index contributed by atoms with van der Waals surface area (Å²) in [6.45, 7) is 3.95. The zero-order valence-electron chi connectivity index (χ0n) is 6.64. The third-order valence-corrected chi connectivity index (χ3v) is 2.35. The molecule has 0 amide bonds. The van der Waals surface area contributed by atoms with E-state index >= 15 is 0 Å². The Kier molecular flexibility index (Phi) is 6.13. The van der Waals surface area contributed by atoms with Crippen LogP contribution in [0.4, 0.5) is 3.89 Å². The van der Waals surface area contributed by atoms with Crippen molar-refractivity contribution in [3.63, 3.8) is 0 Å². The van der Waals surface area contributed by atoms with Crippen molar-refractivity contribution in [3.05, 3.63) is 0 Å². The SMILES string of the molecule is CCC(CCC(C)N)SF. The molecule has 2 atom stereocenters. The van der Waals surface area contributed by atoms with E-state index in [1.807, 2.05) is 13.8 Å². The van der Waals surface area contributed by atoms with Gasteiger partial charge in [-0.05, 0) is 26.2 Å². The quantitative estimate of drug-likeness (QED) is 0.677. The standard InChI is InChI=1S/C7H16FNS/c1-3-7(10-8)5-4-6(2)9/h6-7H,3-5,9H2,1-2H3. The summed E-state index contributed by atoms with van der Waals surface area (Å²) >= 11 is 0.456. The minimum atomic E-state index is 0.158. The van der Waals surface area contributed by atoms with Gasteiger partial charge in [-0.25, -0.2) is 0 Å². The van der Waals surface area contributed by atoms with Gasteiger partial charge in [0.15, 0.2) is 0 Å². The number of rotatable bonds is 5. The van der Waals surface area contributed by atoms with Gasteiger partial charge in [-0.15, -0.1) is 0 Å². The van der Waals surface area contributed by atoms with E-state index in [2.05, 4.69) is 0 Å². The first kappa shape index (κ1) is 10.2. The molecule has 0 aromatic carbocycles. The summed E-state index contributed by atoms with van der Waals surface area (Å²) in [6, 6.07) is 0.209. The minimum Gasteiger partial charge on any atom is -0.328 e. The van der Waals surface area contributed by atoms with Crippen molar-refractivity contribution < 1.29 is 3.89 Å². The number of nitrogens with two attached hydrogens (primary N) is 1.